The van der Waals surface area contributed by atoms with E-state index in [-0.39, 0.29) is 6.79 Å². The molecular formula is C15H21NO4. The fraction of sp³-hybridized carbons (Fsp3) is 0.600. The van der Waals surface area contributed by atoms with Crippen molar-refractivity contribution in [2.75, 3.05) is 33.5 Å². The van der Waals surface area contributed by atoms with E-state index >= 15 is 0 Å². The van der Waals surface area contributed by atoms with Crippen molar-refractivity contribution in [3.63, 3.8) is 0 Å². The van der Waals surface area contributed by atoms with Gasteiger partial charge in [0.25, 0.3) is 0 Å². The third-order valence-corrected chi connectivity index (χ3v) is 3.81. The first-order valence-corrected chi connectivity index (χ1v) is 7.10. The Bertz CT molecular complexity index is 459. The minimum absolute atomic E-state index is 0.258. The summed E-state index contributed by atoms with van der Waals surface area (Å²) in [5.41, 5.74) is 0.855. The number of ether oxygens (including phenoxy) is 3. The van der Waals surface area contributed by atoms with Crippen LogP contribution in [0.5, 0.6) is 11.5 Å². The van der Waals surface area contributed by atoms with Crippen molar-refractivity contribution in [1.29, 1.82) is 0 Å². The molecule has 0 bridgehead atoms. The SMILES string of the molecule is CN(C[C@@H]1CCCO1)C[C@H](O)c1ccc2c(c1)OCO2. The maximum Gasteiger partial charge on any atom is 0.231 e. The number of nitrogens with zero attached hydrogens (tertiary/aromatic N) is 1. The van der Waals surface area contributed by atoms with Crippen LogP contribution in [0.3, 0.4) is 0 Å². The molecule has 1 fully saturated rings. The van der Waals surface area contributed by atoms with Gasteiger partial charge in [0, 0.05) is 19.7 Å². The molecule has 2 aliphatic rings. The van der Waals surface area contributed by atoms with Crippen molar-refractivity contribution in [2.24, 2.45) is 0 Å². The van der Waals surface area contributed by atoms with E-state index in [1.165, 1.54) is 0 Å². The number of fused-ring (bicyclic) bond motifs is 1. The lowest BCUT2D eigenvalue weighted by Gasteiger charge is -2.23. The van der Waals surface area contributed by atoms with Crippen LogP contribution < -0.4 is 9.47 Å². The van der Waals surface area contributed by atoms with Gasteiger partial charge in [-0.25, -0.2) is 0 Å². The summed E-state index contributed by atoms with van der Waals surface area (Å²) in [6.07, 6.45) is 2.04. The molecule has 0 aliphatic carbocycles. The first kappa shape index (κ1) is 13.7. The second-order valence-corrected chi connectivity index (χ2v) is 5.48. The molecule has 1 aromatic rings. The van der Waals surface area contributed by atoms with Gasteiger partial charge in [-0.1, -0.05) is 6.07 Å². The lowest BCUT2D eigenvalue weighted by Crippen LogP contribution is -2.32. The van der Waals surface area contributed by atoms with Crippen LogP contribution >= 0.6 is 0 Å². The molecule has 0 saturated carbocycles. The topological polar surface area (TPSA) is 51.2 Å². The quantitative estimate of drug-likeness (QED) is 0.886. The van der Waals surface area contributed by atoms with E-state index in [4.69, 9.17) is 14.2 Å². The second-order valence-electron chi connectivity index (χ2n) is 5.48. The van der Waals surface area contributed by atoms with Crippen molar-refractivity contribution in [1.82, 2.24) is 4.90 Å². The first-order valence-electron chi connectivity index (χ1n) is 7.10. The smallest absolute Gasteiger partial charge is 0.231 e. The number of hydrogen-bond acceptors (Lipinski definition) is 5. The Hall–Kier alpha value is -1.30. The normalized spacial score (nSPS) is 22.4. The van der Waals surface area contributed by atoms with Crippen LogP contribution in [-0.2, 0) is 4.74 Å². The van der Waals surface area contributed by atoms with E-state index in [1.807, 2.05) is 25.2 Å². The third-order valence-electron chi connectivity index (χ3n) is 3.81. The van der Waals surface area contributed by atoms with Gasteiger partial charge in [0.15, 0.2) is 11.5 Å². The summed E-state index contributed by atoms with van der Waals surface area (Å²) < 4.78 is 16.2. The number of rotatable bonds is 5. The summed E-state index contributed by atoms with van der Waals surface area (Å²) in [4.78, 5) is 2.12. The Balaban J connectivity index is 1.56. The van der Waals surface area contributed by atoms with E-state index in [0.29, 0.717) is 18.4 Å². The highest BCUT2D eigenvalue weighted by Crippen LogP contribution is 2.34. The Labute approximate surface area is 119 Å². The van der Waals surface area contributed by atoms with Crippen molar-refractivity contribution < 1.29 is 19.3 Å². The fourth-order valence-electron chi connectivity index (χ4n) is 2.73. The molecule has 2 aliphatic heterocycles. The molecule has 2 atom stereocenters. The van der Waals surface area contributed by atoms with Crippen LogP contribution in [0.1, 0.15) is 24.5 Å². The molecular weight excluding hydrogens is 258 g/mol. The van der Waals surface area contributed by atoms with Crippen LogP contribution in [-0.4, -0.2) is 49.6 Å². The van der Waals surface area contributed by atoms with Gasteiger partial charge < -0.3 is 24.2 Å². The largest absolute Gasteiger partial charge is 0.454 e. The van der Waals surface area contributed by atoms with Gasteiger partial charge >= 0.3 is 0 Å². The molecule has 20 heavy (non-hydrogen) atoms. The highest BCUT2D eigenvalue weighted by molar-refractivity contribution is 5.45. The molecule has 0 spiro atoms. The van der Waals surface area contributed by atoms with Crippen LogP contribution in [0.4, 0.5) is 0 Å². The highest BCUT2D eigenvalue weighted by atomic mass is 16.7. The molecule has 1 saturated heterocycles. The zero-order chi connectivity index (χ0) is 13.9. The molecule has 2 heterocycles. The molecule has 3 rings (SSSR count). The monoisotopic (exact) mass is 279 g/mol. The van der Waals surface area contributed by atoms with Crippen molar-refractivity contribution in [2.45, 2.75) is 25.0 Å². The van der Waals surface area contributed by atoms with Crippen LogP contribution in [0, 0.1) is 0 Å². The molecule has 0 radical (unpaired) electrons. The fourth-order valence-corrected chi connectivity index (χ4v) is 2.73. The third kappa shape index (κ3) is 3.06. The Kier molecular flexibility index (Phi) is 4.10. The van der Waals surface area contributed by atoms with Gasteiger partial charge in [0.05, 0.1) is 12.2 Å². The summed E-state index contributed by atoms with van der Waals surface area (Å²) in [5, 5.41) is 10.3. The summed E-state index contributed by atoms with van der Waals surface area (Å²) >= 11 is 0. The average molecular weight is 279 g/mol. The summed E-state index contributed by atoms with van der Waals surface area (Å²) in [7, 11) is 2.01. The minimum Gasteiger partial charge on any atom is -0.454 e. The van der Waals surface area contributed by atoms with Crippen molar-refractivity contribution >= 4 is 0 Å². The second kappa shape index (κ2) is 5.99. The summed E-state index contributed by atoms with van der Waals surface area (Å²) in [6.45, 7) is 2.57. The van der Waals surface area contributed by atoms with E-state index < -0.39 is 6.10 Å². The lowest BCUT2D eigenvalue weighted by atomic mass is 10.1. The average Bonchev–Trinajstić information content (AvgIpc) is 3.07. The standard InChI is InChI=1S/C15H21NO4/c1-16(8-12-3-2-6-18-12)9-13(17)11-4-5-14-15(7-11)20-10-19-14/h4-5,7,12-13,17H,2-3,6,8-10H2,1H3/t12-,13-/m0/s1. The van der Waals surface area contributed by atoms with Crippen LogP contribution in [0.15, 0.2) is 18.2 Å². The molecule has 0 unspecified atom stereocenters. The maximum absolute atomic E-state index is 10.3. The number of benzene rings is 1. The molecule has 1 aromatic carbocycles. The molecule has 110 valence electrons. The van der Waals surface area contributed by atoms with E-state index in [9.17, 15) is 5.11 Å². The predicted molar refractivity (Wildman–Crippen MR) is 74.0 cm³/mol. The maximum atomic E-state index is 10.3. The number of likely N-dealkylation sites (N-methyl/N-ethyl adjacent to an activating group) is 1. The van der Waals surface area contributed by atoms with Gasteiger partial charge in [0.1, 0.15) is 0 Å². The van der Waals surface area contributed by atoms with Gasteiger partial charge in [0.2, 0.25) is 6.79 Å². The van der Waals surface area contributed by atoms with Crippen LogP contribution in [0.2, 0.25) is 0 Å². The predicted octanol–water partition coefficient (Wildman–Crippen LogP) is 1.56. The summed E-state index contributed by atoms with van der Waals surface area (Å²) in [6, 6.07) is 5.59. The van der Waals surface area contributed by atoms with E-state index in [1.54, 1.807) is 0 Å². The van der Waals surface area contributed by atoms with Gasteiger partial charge in [-0.05, 0) is 37.6 Å². The molecule has 0 amide bonds. The Morgan fingerprint density at radius 1 is 1.35 bits per heavy atom. The van der Waals surface area contributed by atoms with E-state index in [0.717, 1.165) is 37.3 Å². The van der Waals surface area contributed by atoms with Crippen LogP contribution in [0.25, 0.3) is 0 Å². The van der Waals surface area contributed by atoms with E-state index in [2.05, 4.69) is 4.90 Å². The Morgan fingerprint density at radius 2 is 2.20 bits per heavy atom. The van der Waals surface area contributed by atoms with Gasteiger partial charge in [-0.3, -0.25) is 0 Å². The summed E-state index contributed by atoms with van der Waals surface area (Å²) in [5.74, 6) is 1.46. The highest BCUT2D eigenvalue weighted by Gasteiger charge is 2.21. The zero-order valence-corrected chi connectivity index (χ0v) is 11.7. The zero-order valence-electron chi connectivity index (χ0n) is 11.7. The Morgan fingerprint density at radius 3 is 3.00 bits per heavy atom. The molecule has 0 aromatic heterocycles. The lowest BCUT2D eigenvalue weighted by molar-refractivity contribution is 0.0601. The van der Waals surface area contributed by atoms with Crippen molar-refractivity contribution in [3.05, 3.63) is 23.8 Å². The number of aliphatic hydroxyl groups excluding tert-OH is 1. The van der Waals surface area contributed by atoms with Gasteiger partial charge in [-0.2, -0.15) is 0 Å². The van der Waals surface area contributed by atoms with Crippen molar-refractivity contribution in [3.8, 4) is 11.5 Å². The van der Waals surface area contributed by atoms with Gasteiger partial charge in [-0.15, -0.1) is 0 Å². The molecule has 5 heteroatoms. The number of aliphatic hydroxyl groups is 1. The first-order chi connectivity index (χ1) is 9.72. The number of hydrogen-bond donors (Lipinski definition) is 1. The minimum atomic E-state index is -0.532. The molecule has 1 N–H and O–H groups in total. The molecule has 5 nitrogen and oxygen atoms in total.